The van der Waals surface area contributed by atoms with Crippen LogP contribution in [0.1, 0.15) is 168 Å². The largest absolute Gasteiger partial charge is 2.00 e. The molecule has 237 valence electrons. The minimum absolute atomic E-state index is 0. The SMILES string of the molecule is CCCCCC=CCC=CCCCCCCCC(=O)[O-].CCCCCC=CCC=CCCCCCCCC(=O)[O-].[Mn+2]. The Bertz CT molecular complexity index is 596. The smallest absolute Gasteiger partial charge is 0.550 e. The first-order chi connectivity index (χ1) is 19.5. The maximum absolute atomic E-state index is 10.2. The van der Waals surface area contributed by atoms with Gasteiger partial charge in [-0.05, 0) is 89.9 Å². The van der Waals surface area contributed by atoms with Crippen molar-refractivity contribution in [2.24, 2.45) is 0 Å². The third kappa shape index (κ3) is 48.5. The Labute approximate surface area is 264 Å². The van der Waals surface area contributed by atoms with Crippen LogP contribution in [0.5, 0.6) is 0 Å². The molecule has 41 heavy (non-hydrogen) atoms. The molecule has 0 aliphatic rings. The third-order valence-corrected chi connectivity index (χ3v) is 6.66. The van der Waals surface area contributed by atoms with Crippen molar-refractivity contribution in [2.75, 3.05) is 0 Å². The molecule has 0 fully saturated rings. The molecule has 0 saturated heterocycles. The van der Waals surface area contributed by atoms with Crippen LogP contribution < -0.4 is 10.2 Å². The molecule has 0 spiro atoms. The molecule has 0 aromatic carbocycles. The van der Waals surface area contributed by atoms with E-state index in [-0.39, 0.29) is 29.9 Å². The van der Waals surface area contributed by atoms with Crippen molar-refractivity contribution in [1.82, 2.24) is 0 Å². The molecule has 0 aliphatic carbocycles. The van der Waals surface area contributed by atoms with Crippen molar-refractivity contribution in [2.45, 2.75) is 168 Å². The normalized spacial score (nSPS) is 11.4. The zero-order chi connectivity index (χ0) is 29.8. The predicted octanol–water partition coefficient (Wildman–Crippen LogP) is 9.10. The summed E-state index contributed by atoms with van der Waals surface area (Å²) in [4.78, 5) is 20.4. The Morgan fingerprint density at radius 3 is 0.976 bits per heavy atom. The Hall–Kier alpha value is -1.58. The third-order valence-electron chi connectivity index (χ3n) is 6.66. The molecule has 0 bridgehead atoms. The van der Waals surface area contributed by atoms with E-state index in [0.29, 0.717) is 0 Å². The van der Waals surface area contributed by atoms with E-state index in [9.17, 15) is 19.8 Å². The minimum Gasteiger partial charge on any atom is -0.550 e. The second-order valence-corrected chi connectivity index (χ2v) is 10.7. The van der Waals surface area contributed by atoms with E-state index < -0.39 is 11.9 Å². The van der Waals surface area contributed by atoms with Gasteiger partial charge in [0, 0.05) is 11.9 Å². The average Bonchev–Trinajstić information content (AvgIpc) is 2.93. The molecule has 0 N–H and O–H groups in total. The van der Waals surface area contributed by atoms with Gasteiger partial charge in [0.2, 0.25) is 0 Å². The van der Waals surface area contributed by atoms with Gasteiger partial charge in [-0.3, -0.25) is 0 Å². The number of carbonyl (C=O) groups is 2. The van der Waals surface area contributed by atoms with E-state index >= 15 is 0 Å². The summed E-state index contributed by atoms with van der Waals surface area (Å²) in [6.45, 7) is 4.46. The Morgan fingerprint density at radius 2 is 0.683 bits per heavy atom. The molecule has 1 radical (unpaired) electrons. The van der Waals surface area contributed by atoms with Gasteiger partial charge >= 0.3 is 17.1 Å². The summed E-state index contributed by atoms with van der Waals surface area (Å²) in [5.74, 6) is -1.84. The molecule has 0 amide bonds. The van der Waals surface area contributed by atoms with Crippen LogP contribution in [0.2, 0.25) is 0 Å². The molecule has 0 unspecified atom stereocenters. The first kappa shape index (κ1) is 43.9. The Kier molecular flexibility index (Phi) is 43.4. The van der Waals surface area contributed by atoms with Crippen LogP contribution >= 0.6 is 0 Å². The summed E-state index contributed by atoms with van der Waals surface area (Å²) in [7, 11) is 0. The molecule has 0 saturated carbocycles. The number of allylic oxidation sites excluding steroid dienone is 8. The van der Waals surface area contributed by atoms with Crippen molar-refractivity contribution >= 4 is 11.9 Å². The van der Waals surface area contributed by atoms with Gasteiger partial charge in [-0.2, -0.15) is 0 Å². The zero-order valence-electron chi connectivity index (χ0n) is 26.6. The topological polar surface area (TPSA) is 80.3 Å². The van der Waals surface area contributed by atoms with Gasteiger partial charge in [-0.15, -0.1) is 0 Å². The molecule has 0 aromatic heterocycles. The van der Waals surface area contributed by atoms with Crippen LogP contribution in [-0.2, 0) is 26.7 Å². The number of carboxylic acids is 2. The number of rotatable bonds is 28. The maximum Gasteiger partial charge on any atom is 2.00 e. The Balaban J connectivity index is -0.000000688. The van der Waals surface area contributed by atoms with Crippen molar-refractivity contribution in [1.29, 1.82) is 0 Å². The number of hydrogen-bond acceptors (Lipinski definition) is 4. The average molecular weight is 614 g/mol. The quantitative estimate of drug-likeness (QED) is 0.0501. The van der Waals surface area contributed by atoms with Gasteiger partial charge in [-0.1, -0.05) is 127 Å². The summed E-state index contributed by atoms with van der Waals surface area (Å²) >= 11 is 0. The molecule has 0 aliphatic heterocycles. The summed E-state index contributed by atoms with van der Waals surface area (Å²) in [5, 5.41) is 20.4. The van der Waals surface area contributed by atoms with E-state index in [1.807, 2.05) is 0 Å². The molecule has 0 atom stereocenters. The fourth-order valence-electron chi connectivity index (χ4n) is 4.16. The predicted molar refractivity (Wildman–Crippen MR) is 169 cm³/mol. The van der Waals surface area contributed by atoms with Gasteiger partial charge in [0.25, 0.3) is 0 Å². The van der Waals surface area contributed by atoms with Crippen molar-refractivity contribution in [3.8, 4) is 0 Å². The van der Waals surface area contributed by atoms with E-state index in [1.165, 1.54) is 77.0 Å². The number of carboxylic acid groups (broad SMARTS) is 2. The second kappa shape index (κ2) is 40.6. The second-order valence-electron chi connectivity index (χ2n) is 10.7. The van der Waals surface area contributed by atoms with Crippen LogP contribution in [0.15, 0.2) is 48.6 Å². The van der Waals surface area contributed by atoms with E-state index in [0.717, 1.165) is 64.2 Å². The van der Waals surface area contributed by atoms with Gasteiger partial charge in [0.1, 0.15) is 0 Å². The van der Waals surface area contributed by atoms with Crippen LogP contribution in [0.3, 0.4) is 0 Å². The minimum atomic E-state index is -0.921. The monoisotopic (exact) mass is 613 g/mol. The fraction of sp³-hybridized carbons (Fsp3) is 0.722. The molecule has 0 heterocycles. The molecule has 0 rings (SSSR count). The zero-order valence-corrected chi connectivity index (χ0v) is 27.8. The first-order valence-electron chi connectivity index (χ1n) is 16.5. The van der Waals surface area contributed by atoms with Crippen LogP contribution in [0.25, 0.3) is 0 Å². The molecular weight excluding hydrogens is 551 g/mol. The summed E-state index contributed by atoms with van der Waals surface area (Å²) in [5.41, 5.74) is 0. The number of carbonyl (C=O) groups excluding carboxylic acids is 2. The first-order valence-corrected chi connectivity index (χ1v) is 16.5. The Morgan fingerprint density at radius 1 is 0.415 bits per heavy atom. The van der Waals surface area contributed by atoms with Crippen LogP contribution in [-0.4, -0.2) is 11.9 Å². The standard InChI is InChI=1S/2C18H32O2.Mn/c2*1-2-3-4-5-6-7-8-9-10-11-12-13-14-15-16-17-18(19)20;/h2*6-7,9-10H,2-5,8,11-17H2,1H3,(H,19,20);/q;;+2/p-2. The van der Waals surface area contributed by atoms with Gasteiger partial charge in [-0.25, -0.2) is 0 Å². The van der Waals surface area contributed by atoms with Gasteiger partial charge in [0.15, 0.2) is 0 Å². The van der Waals surface area contributed by atoms with Gasteiger partial charge < -0.3 is 19.8 Å². The van der Waals surface area contributed by atoms with E-state index in [2.05, 4.69) is 62.5 Å². The fourth-order valence-corrected chi connectivity index (χ4v) is 4.16. The number of hydrogen-bond donors (Lipinski definition) is 0. The summed E-state index contributed by atoms with van der Waals surface area (Å²) in [6.07, 6.45) is 43.9. The van der Waals surface area contributed by atoms with Crippen molar-refractivity contribution < 1.29 is 36.9 Å². The van der Waals surface area contributed by atoms with Gasteiger partial charge in [0.05, 0.1) is 0 Å². The maximum atomic E-state index is 10.2. The number of unbranched alkanes of at least 4 members (excludes halogenated alkanes) is 16. The summed E-state index contributed by atoms with van der Waals surface area (Å²) in [6, 6.07) is 0. The van der Waals surface area contributed by atoms with E-state index in [4.69, 9.17) is 0 Å². The van der Waals surface area contributed by atoms with Crippen LogP contribution in [0, 0.1) is 0 Å². The molecule has 4 nitrogen and oxygen atoms in total. The molecule has 0 aromatic rings. The van der Waals surface area contributed by atoms with Crippen molar-refractivity contribution in [3.05, 3.63) is 48.6 Å². The molecular formula is C36H62MnO4. The number of aliphatic carboxylic acids is 2. The molecule has 5 heteroatoms. The van der Waals surface area contributed by atoms with Crippen LogP contribution in [0.4, 0.5) is 0 Å². The van der Waals surface area contributed by atoms with Crippen molar-refractivity contribution in [3.63, 3.8) is 0 Å². The van der Waals surface area contributed by atoms with E-state index in [1.54, 1.807) is 0 Å². The summed E-state index contributed by atoms with van der Waals surface area (Å²) < 4.78 is 0.